The zero-order valence-corrected chi connectivity index (χ0v) is 14.3. The van der Waals surface area contributed by atoms with Crippen LogP contribution in [0.4, 0.5) is 0 Å². The summed E-state index contributed by atoms with van der Waals surface area (Å²) in [6.45, 7) is 4.11. The number of rotatable bonds is 4. The van der Waals surface area contributed by atoms with Gasteiger partial charge in [0.05, 0.1) is 12.5 Å². The number of benzene rings is 2. The first-order valence-electron chi connectivity index (χ1n) is 6.56. The van der Waals surface area contributed by atoms with Crippen molar-refractivity contribution in [3.63, 3.8) is 0 Å². The number of halogens is 2. The van der Waals surface area contributed by atoms with Crippen molar-refractivity contribution in [1.82, 2.24) is 0 Å². The molecule has 0 aromatic heterocycles. The third-order valence-corrected chi connectivity index (χ3v) is 4.68. The lowest BCUT2D eigenvalue weighted by atomic mass is 9.97. The molecule has 0 aliphatic heterocycles. The fraction of sp³-hybridized carbons (Fsp3) is 0.294. The Bertz CT molecular complexity index is 596. The van der Waals surface area contributed by atoms with Crippen LogP contribution in [0.3, 0.4) is 0 Å². The molecule has 0 aliphatic carbocycles. The van der Waals surface area contributed by atoms with Crippen molar-refractivity contribution in [2.24, 2.45) is 0 Å². The number of hydrogen-bond acceptors (Lipinski definition) is 1. The maximum absolute atomic E-state index is 6.67. The highest BCUT2D eigenvalue weighted by Crippen LogP contribution is 2.40. The fourth-order valence-corrected chi connectivity index (χ4v) is 3.44. The molecule has 0 saturated heterocycles. The molecule has 0 N–H and O–H groups in total. The van der Waals surface area contributed by atoms with E-state index in [0.717, 1.165) is 33.3 Å². The van der Waals surface area contributed by atoms with E-state index in [0.29, 0.717) is 0 Å². The molecule has 0 heterocycles. The highest BCUT2D eigenvalue weighted by Gasteiger charge is 2.20. The lowest BCUT2D eigenvalue weighted by Gasteiger charge is -2.20. The molecule has 2 rings (SSSR count). The molecule has 1 unspecified atom stereocenters. The zero-order chi connectivity index (χ0) is 14.7. The summed E-state index contributed by atoms with van der Waals surface area (Å²) < 4.78 is 6.64. The van der Waals surface area contributed by atoms with E-state index in [1.54, 1.807) is 7.11 Å². The highest BCUT2D eigenvalue weighted by molar-refractivity contribution is 9.10. The highest BCUT2D eigenvalue weighted by atomic mass is 79.9. The second-order valence-electron chi connectivity index (χ2n) is 4.90. The van der Waals surface area contributed by atoms with Crippen molar-refractivity contribution >= 4 is 27.5 Å². The van der Waals surface area contributed by atoms with E-state index in [-0.39, 0.29) is 5.38 Å². The van der Waals surface area contributed by atoms with E-state index in [4.69, 9.17) is 16.3 Å². The van der Waals surface area contributed by atoms with Crippen molar-refractivity contribution in [1.29, 1.82) is 0 Å². The molecule has 1 atom stereocenters. The predicted molar refractivity (Wildman–Crippen MR) is 88.9 cm³/mol. The van der Waals surface area contributed by atoms with E-state index >= 15 is 0 Å². The predicted octanol–water partition coefficient (Wildman–Crippen LogP) is 5.60. The first kappa shape index (κ1) is 15.4. The number of hydrogen-bond donors (Lipinski definition) is 0. The lowest BCUT2D eigenvalue weighted by Crippen LogP contribution is -2.04. The molecule has 2 aromatic rings. The number of alkyl halides is 1. The minimum absolute atomic E-state index is 0.108. The Morgan fingerprint density at radius 3 is 2.45 bits per heavy atom. The van der Waals surface area contributed by atoms with Gasteiger partial charge in [-0.2, -0.15) is 0 Å². The van der Waals surface area contributed by atoms with Gasteiger partial charge in [0.1, 0.15) is 5.75 Å². The molecule has 0 spiro atoms. The van der Waals surface area contributed by atoms with Crippen LogP contribution in [-0.2, 0) is 6.42 Å². The second-order valence-corrected chi connectivity index (χ2v) is 6.29. The van der Waals surface area contributed by atoms with Gasteiger partial charge in [-0.1, -0.05) is 46.3 Å². The third-order valence-electron chi connectivity index (χ3n) is 3.48. The standard InChI is InChI=1S/C17H18BrClO/c1-11-9-14(18)12(2)16(17(11)20-3)15(19)10-13-7-5-4-6-8-13/h4-9,15H,10H2,1-3H3. The van der Waals surface area contributed by atoms with Crippen LogP contribution in [0.5, 0.6) is 5.75 Å². The van der Waals surface area contributed by atoms with E-state index < -0.39 is 0 Å². The summed E-state index contributed by atoms with van der Waals surface area (Å²) in [5, 5.41) is -0.108. The SMILES string of the molecule is COc1c(C)cc(Br)c(C)c1C(Cl)Cc1ccccc1. The average Bonchev–Trinajstić information content (AvgIpc) is 2.43. The van der Waals surface area contributed by atoms with Gasteiger partial charge in [0.25, 0.3) is 0 Å². The normalized spacial score (nSPS) is 12.2. The molecule has 0 saturated carbocycles. The molecule has 3 heteroatoms. The summed E-state index contributed by atoms with van der Waals surface area (Å²) in [4.78, 5) is 0. The summed E-state index contributed by atoms with van der Waals surface area (Å²) in [6.07, 6.45) is 0.787. The summed E-state index contributed by atoms with van der Waals surface area (Å²) in [5.41, 5.74) is 4.54. The number of methoxy groups -OCH3 is 1. The molecule has 2 aromatic carbocycles. The minimum Gasteiger partial charge on any atom is -0.496 e. The Kier molecular flexibility index (Phi) is 5.11. The first-order valence-corrected chi connectivity index (χ1v) is 7.79. The largest absolute Gasteiger partial charge is 0.496 e. The molecule has 0 aliphatic rings. The minimum atomic E-state index is -0.108. The van der Waals surface area contributed by atoms with Gasteiger partial charge in [-0.05, 0) is 43.0 Å². The quantitative estimate of drug-likeness (QED) is 0.650. The fourth-order valence-electron chi connectivity index (χ4n) is 2.45. The van der Waals surface area contributed by atoms with Gasteiger partial charge in [-0.3, -0.25) is 0 Å². The molecule has 0 bridgehead atoms. The lowest BCUT2D eigenvalue weighted by molar-refractivity contribution is 0.405. The van der Waals surface area contributed by atoms with Crippen LogP contribution in [-0.4, -0.2) is 7.11 Å². The average molecular weight is 354 g/mol. The molecule has 0 fully saturated rings. The Balaban J connectivity index is 2.41. The van der Waals surface area contributed by atoms with Crippen molar-refractivity contribution in [3.8, 4) is 5.75 Å². The van der Waals surface area contributed by atoms with Gasteiger partial charge in [0.2, 0.25) is 0 Å². The van der Waals surface area contributed by atoms with Gasteiger partial charge >= 0.3 is 0 Å². The van der Waals surface area contributed by atoms with Crippen LogP contribution in [0.25, 0.3) is 0 Å². The van der Waals surface area contributed by atoms with E-state index in [1.807, 2.05) is 25.1 Å². The number of ether oxygens (including phenoxy) is 1. The van der Waals surface area contributed by atoms with Crippen molar-refractivity contribution < 1.29 is 4.74 Å². The van der Waals surface area contributed by atoms with Crippen molar-refractivity contribution in [2.45, 2.75) is 25.6 Å². The summed E-state index contributed by atoms with van der Waals surface area (Å²) >= 11 is 10.3. The molecule has 1 nitrogen and oxygen atoms in total. The maximum atomic E-state index is 6.67. The summed E-state index contributed by atoms with van der Waals surface area (Å²) in [7, 11) is 1.70. The topological polar surface area (TPSA) is 9.23 Å². The molecule has 0 amide bonds. The smallest absolute Gasteiger partial charge is 0.126 e. The summed E-state index contributed by atoms with van der Waals surface area (Å²) in [5.74, 6) is 0.890. The van der Waals surface area contributed by atoms with E-state index in [9.17, 15) is 0 Å². The van der Waals surface area contributed by atoms with Crippen LogP contribution >= 0.6 is 27.5 Å². The van der Waals surface area contributed by atoms with E-state index in [2.05, 4.69) is 41.1 Å². The first-order chi connectivity index (χ1) is 9.54. The molecular formula is C17H18BrClO. The van der Waals surface area contributed by atoms with Crippen molar-refractivity contribution in [2.75, 3.05) is 7.11 Å². The van der Waals surface area contributed by atoms with Gasteiger partial charge in [0, 0.05) is 10.0 Å². The van der Waals surface area contributed by atoms with Crippen LogP contribution in [0.1, 0.15) is 27.6 Å². The molecule has 106 valence electrons. The Labute approximate surface area is 134 Å². The van der Waals surface area contributed by atoms with Crippen LogP contribution < -0.4 is 4.74 Å². The molecule has 0 radical (unpaired) electrons. The van der Waals surface area contributed by atoms with Crippen LogP contribution in [0.15, 0.2) is 40.9 Å². The monoisotopic (exact) mass is 352 g/mol. The van der Waals surface area contributed by atoms with Gasteiger partial charge in [0.15, 0.2) is 0 Å². The second kappa shape index (κ2) is 6.64. The Morgan fingerprint density at radius 1 is 1.20 bits per heavy atom. The van der Waals surface area contributed by atoms with Gasteiger partial charge < -0.3 is 4.74 Å². The summed E-state index contributed by atoms with van der Waals surface area (Å²) in [6, 6.07) is 12.4. The zero-order valence-electron chi connectivity index (χ0n) is 11.9. The van der Waals surface area contributed by atoms with Crippen molar-refractivity contribution in [3.05, 3.63) is 63.1 Å². The van der Waals surface area contributed by atoms with Gasteiger partial charge in [-0.25, -0.2) is 0 Å². The third kappa shape index (κ3) is 3.18. The molecule has 20 heavy (non-hydrogen) atoms. The van der Waals surface area contributed by atoms with Crippen LogP contribution in [0.2, 0.25) is 0 Å². The van der Waals surface area contributed by atoms with E-state index in [1.165, 1.54) is 5.56 Å². The molecular weight excluding hydrogens is 336 g/mol. The number of aryl methyl sites for hydroxylation is 1. The van der Waals surface area contributed by atoms with Crippen LogP contribution in [0, 0.1) is 13.8 Å². The van der Waals surface area contributed by atoms with Gasteiger partial charge in [-0.15, -0.1) is 11.6 Å². The Morgan fingerprint density at radius 2 is 1.85 bits per heavy atom. The Hall–Kier alpha value is -0.990. The maximum Gasteiger partial charge on any atom is 0.126 e.